The van der Waals surface area contributed by atoms with E-state index in [2.05, 4.69) is 4.72 Å². The van der Waals surface area contributed by atoms with E-state index in [0.29, 0.717) is 23.1 Å². The van der Waals surface area contributed by atoms with Crippen LogP contribution in [0.3, 0.4) is 0 Å². The lowest BCUT2D eigenvalue weighted by atomic mass is 10.0. The van der Waals surface area contributed by atoms with Crippen LogP contribution in [0, 0.1) is 11.3 Å². The van der Waals surface area contributed by atoms with E-state index in [1.807, 2.05) is 19.9 Å². The summed E-state index contributed by atoms with van der Waals surface area (Å²) >= 11 is 0. The average molecular weight is 407 g/mol. The summed E-state index contributed by atoms with van der Waals surface area (Å²) in [6.45, 7) is 4.07. The van der Waals surface area contributed by atoms with Crippen LogP contribution in [-0.2, 0) is 10.0 Å². The first-order chi connectivity index (χ1) is 13.8. The van der Waals surface area contributed by atoms with Gasteiger partial charge in [0.1, 0.15) is 17.6 Å². The molecule has 0 saturated carbocycles. The maximum atomic E-state index is 12.7. The maximum Gasteiger partial charge on any atom is 0.261 e. The van der Waals surface area contributed by atoms with E-state index in [1.54, 1.807) is 54.6 Å². The number of nitrogen functional groups attached to an aromatic ring is 1. The van der Waals surface area contributed by atoms with Crippen LogP contribution in [0.5, 0.6) is 11.5 Å². The van der Waals surface area contributed by atoms with E-state index in [9.17, 15) is 13.7 Å². The third-order valence-electron chi connectivity index (χ3n) is 4.33. The fraction of sp³-hybridized carbons (Fsp3) is 0.136. The van der Waals surface area contributed by atoms with Crippen molar-refractivity contribution in [2.45, 2.75) is 24.7 Å². The molecule has 148 valence electrons. The Hall–Kier alpha value is -3.50. The van der Waals surface area contributed by atoms with E-state index >= 15 is 0 Å². The third-order valence-corrected chi connectivity index (χ3v) is 5.71. The lowest BCUT2D eigenvalue weighted by molar-refractivity contribution is 0.482. The summed E-state index contributed by atoms with van der Waals surface area (Å²) in [6, 6.07) is 20.1. The first-order valence-electron chi connectivity index (χ1n) is 8.99. The molecule has 3 N–H and O–H groups in total. The quantitative estimate of drug-likeness (QED) is 0.568. The highest BCUT2D eigenvalue weighted by Gasteiger charge is 2.17. The van der Waals surface area contributed by atoms with Crippen molar-refractivity contribution in [3.8, 4) is 17.6 Å². The molecule has 0 atom stereocenters. The van der Waals surface area contributed by atoms with E-state index in [4.69, 9.17) is 10.5 Å². The molecule has 29 heavy (non-hydrogen) atoms. The Kier molecular flexibility index (Phi) is 5.76. The van der Waals surface area contributed by atoms with Gasteiger partial charge in [0, 0.05) is 11.8 Å². The molecular formula is C22H21N3O3S. The molecule has 3 rings (SSSR count). The highest BCUT2D eigenvalue weighted by atomic mass is 32.2. The minimum Gasteiger partial charge on any atom is -0.457 e. The van der Waals surface area contributed by atoms with Crippen molar-refractivity contribution in [1.82, 2.24) is 0 Å². The van der Waals surface area contributed by atoms with E-state index in [-0.39, 0.29) is 16.1 Å². The van der Waals surface area contributed by atoms with Gasteiger partial charge in [0.25, 0.3) is 10.0 Å². The van der Waals surface area contributed by atoms with Crippen LogP contribution < -0.4 is 15.2 Å². The monoisotopic (exact) mass is 407 g/mol. The molecule has 0 aliphatic rings. The zero-order valence-corrected chi connectivity index (χ0v) is 16.9. The number of benzene rings is 3. The molecule has 6 nitrogen and oxygen atoms in total. The maximum absolute atomic E-state index is 12.7. The number of nitriles is 1. The number of nitrogens with zero attached hydrogens (tertiary/aromatic N) is 1. The first-order valence-corrected chi connectivity index (χ1v) is 10.5. The number of anilines is 2. The Labute approximate surface area is 170 Å². The molecule has 0 unspecified atom stereocenters. The number of rotatable bonds is 6. The predicted octanol–water partition coefficient (Wildman–Crippen LogP) is 4.86. The van der Waals surface area contributed by atoms with Crippen LogP contribution in [-0.4, -0.2) is 8.42 Å². The van der Waals surface area contributed by atoms with E-state index in [0.717, 1.165) is 5.56 Å². The molecule has 7 heteroatoms. The highest BCUT2D eigenvalue weighted by molar-refractivity contribution is 7.92. The molecule has 0 bridgehead atoms. The molecule has 0 saturated heterocycles. The van der Waals surface area contributed by atoms with Crippen LogP contribution in [0.1, 0.15) is 30.9 Å². The number of hydrogen-bond acceptors (Lipinski definition) is 5. The summed E-state index contributed by atoms with van der Waals surface area (Å²) in [7, 11) is -3.82. The van der Waals surface area contributed by atoms with Gasteiger partial charge in [0.05, 0.1) is 16.1 Å². The second-order valence-electron chi connectivity index (χ2n) is 6.82. The summed E-state index contributed by atoms with van der Waals surface area (Å²) in [5.74, 6) is 1.27. The van der Waals surface area contributed by atoms with Crippen molar-refractivity contribution >= 4 is 21.4 Å². The lowest BCUT2D eigenvalue weighted by Gasteiger charge is -2.12. The van der Waals surface area contributed by atoms with Gasteiger partial charge >= 0.3 is 0 Å². The summed E-state index contributed by atoms with van der Waals surface area (Å²) in [5, 5.41) is 9.45. The van der Waals surface area contributed by atoms with Crippen LogP contribution in [0.4, 0.5) is 11.4 Å². The number of sulfonamides is 1. The standard InChI is InChI=1S/C22H21N3O3S/c1-15(2)16-3-10-21(11-4-16)29(26,27)25-22-12-9-20(13-17(22)14-23)28-19-7-5-18(24)6-8-19/h3-13,15,25H,24H2,1-2H3. The van der Waals surface area contributed by atoms with Crippen LogP contribution >= 0.6 is 0 Å². The van der Waals surface area contributed by atoms with Crippen LogP contribution in [0.2, 0.25) is 0 Å². The zero-order chi connectivity index (χ0) is 21.0. The fourth-order valence-corrected chi connectivity index (χ4v) is 3.76. The molecule has 0 heterocycles. The zero-order valence-electron chi connectivity index (χ0n) is 16.1. The number of hydrogen-bond donors (Lipinski definition) is 2. The molecule has 0 radical (unpaired) electrons. The Morgan fingerprint density at radius 1 is 0.966 bits per heavy atom. The SMILES string of the molecule is CC(C)c1ccc(S(=O)(=O)Nc2ccc(Oc3ccc(N)cc3)cc2C#N)cc1. The van der Waals surface area contributed by atoms with Crippen molar-refractivity contribution in [2.75, 3.05) is 10.5 Å². The summed E-state index contributed by atoms with van der Waals surface area (Å²) in [5.41, 5.74) is 7.65. The van der Waals surface area contributed by atoms with Crippen molar-refractivity contribution in [3.63, 3.8) is 0 Å². The van der Waals surface area contributed by atoms with Crippen molar-refractivity contribution in [3.05, 3.63) is 77.9 Å². The van der Waals surface area contributed by atoms with Gasteiger partial charge in [-0.15, -0.1) is 0 Å². The minimum atomic E-state index is -3.82. The van der Waals surface area contributed by atoms with Crippen LogP contribution in [0.15, 0.2) is 71.6 Å². The predicted molar refractivity (Wildman–Crippen MR) is 113 cm³/mol. The topological polar surface area (TPSA) is 105 Å². The second-order valence-corrected chi connectivity index (χ2v) is 8.50. The van der Waals surface area contributed by atoms with E-state index < -0.39 is 10.0 Å². The highest BCUT2D eigenvalue weighted by Crippen LogP contribution is 2.28. The van der Waals surface area contributed by atoms with Gasteiger partial charge in [-0.25, -0.2) is 8.42 Å². The number of nitrogens with two attached hydrogens (primary N) is 1. The smallest absolute Gasteiger partial charge is 0.261 e. The molecule has 0 fully saturated rings. The normalized spacial score (nSPS) is 11.1. The van der Waals surface area contributed by atoms with Crippen molar-refractivity contribution < 1.29 is 13.2 Å². The average Bonchev–Trinajstić information content (AvgIpc) is 2.70. The molecular weight excluding hydrogens is 386 g/mol. The Balaban J connectivity index is 1.83. The van der Waals surface area contributed by atoms with Gasteiger partial charge in [0.2, 0.25) is 0 Å². The van der Waals surface area contributed by atoms with Gasteiger partial charge < -0.3 is 10.5 Å². The fourth-order valence-electron chi connectivity index (χ4n) is 2.68. The second kappa shape index (κ2) is 8.25. The van der Waals surface area contributed by atoms with Gasteiger partial charge in [-0.2, -0.15) is 5.26 Å². The largest absolute Gasteiger partial charge is 0.457 e. The summed E-state index contributed by atoms with van der Waals surface area (Å²) < 4.78 is 33.6. The summed E-state index contributed by atoms with van der Waals surface area (Å²) in [4.78, 5) is 0.132. The number of ether oxygens (including phenoxy) is 1. The van der Waals surface area contributed by atoms with Crippen molar-refractivity contribution in [1.29, 1.82) is 5.26 Å². The van der Waals surface area contributed by atoms with Gasteiger partial charge in [-0.05, 0) is 60.0 Å². The number of nitrogens with one attached hydrogen (secondary N) is 1. The minimum absolute atomic E-state index is 0.132. The molecule has 0 spiro atoms. The van der Waals surface area contributed by atoms with Gasteiger partial charge in [-0.1, -0.05) is 26.0 Å². The first kappa shape index (κ1) is 20.2. The lowest BCUT2D eigenvalue weighted by Crippen LogP contribution is -2.14. The summed E-state index contributed by atoms with van der Waals surface area (Å²) in [6.07, 6.45) is 0. The van der Waals surface area contributed by atoms with E-state index in [1.165, 1.54) is 12.1 Å². The van der Waals surface area contributed by atoms with Gasteiger partial charge in [0.15, 0.2) is 0 Å². The Morgan fingerprint density at radius 3 is 2.17 bits per heavy atom. The van der Waals surface area contributed by atoms with Crippen molar-refractivity contribution in [2.24, 2.45) is 0 Å². The van der Waals surface area contributed by atoms with Gasteiger partial charge in [-0.3, -0.25) is 4.72 Å². The molecule has 0 aliphatic heterocycles. The third kappa shape index (κ3) is 4.86. The molecule has 3 aromatic rings. The molecule has 0 amide bonds. The Bertz CT molecular complexity index is 1150. The van der Waals surface area contributed by atoms with Crippen LogP contribution in [0.25, 0.3) is 0 Å². The molecule has 0 aromatic heterocycles. The molecule has 0 aliphatic carbocycles. The Morgan fingerprint density at radius 2 is 1.59 bits per heavy atom. The molecule has 3 aromatic carbocycles.